The molecule has 1 saturated carbocycles. The zero-order chi connectivity index (χ0) is 24.1. The number of ether oxygens (including phenoxy) is 2. The van der Waals surface area contributed by atoms with E-state index in [4.69, 9.17) is 9.47 Å². The average Bonchev–Trinajstić information content (AvgIpc) is 3.50. The van der Waals surface area contributed by atoms with Gasteiger partial charge in [-0.1, -0.05) is 64.4 Å². The van der Waals surface area contributed by atoms with Gasteiger partial charge >= 0.3 is 11.9 Å². The van der Waals surface area contributed by atoms with Gasteiger partial charge < -0.3 is 14.6 Å². The monoisotopic (exact) mass is 456 g/mol. The van der Waals surface area contributed by atoms with Crippen molar-refractivity contribution in [1.29, 1.82) is 0 Å². The van der Waals surface area contributed by atoms with Crippen LogP contribution in [0.25, 0.3) is 4.91 Å². The molecule has 1 fully saturated rings. The number of benzene rings is 1. The number of hydrogen-bond donors (Lipinski definition) is 1. The quantitative estimate of drug-likeness (QED) is 0.233. The van der Waals surface area contributed by atoms with Gasteiger partial charge in [-0.25, -0.2) is 9.59 Å². The minimum absolute atomic E-state index is 0.109. The molecule has 0 spiro atoms. The van der Waals surface area contributed by atoms with E-state index in [1.165, 1.54) is 17.8 Å². The number of aromatic carboxylic acids is 1. The molecular formula is C26H32O5S. The van der Waals surface area contributed by atoms with Crippen molar-refractivity contribution in [1.82, 2.24) is 0 Å². The van der Waals surface area contributed by atoms with Gasteiger partial charge in [0, 0.05) is 15.9 Å². The third-order valence-electron chi connectivity index (χ3n) is 5.00. The number of rotatable bonds is 11. The second-order valence-electron chi connectivity index (χ2n) is 9.27. The van der Waals surface area contributed by atoms with Crippen molar-refractivity contribution in [3.8, 4) is 5.75 Å². The lowest BCUT2D eigenvalue weighted by Crippen LogP contribution is -2.25. The van der Waals surface area contributed by atoms with E-state index in [0.29, 0.717) is 28.4 Å². The summed E-state index contributed by atoms with van der Waals surface area (Å²) in [6, 6.07) is 4.81. The van der Waals surface area contributed by atoms with Gasteiger partial charge in [-0.05, 0) is 53.8 Å². The van der Waals surface area contributed by atoms with E-state index >= 15 is 0 Å². The van der Waals surface area contributed by atoms with Gasteiger partial charge in [0.15, 0.2) is 0 Å². The minimum Gasteiger partial charge on any atom is -0.493 e. The Morgan fingerprint density at radius 2 is 1.81 bits per heavy atom. The molecule has 0 unspecified atom stereocenters. The Balaban J connectivity index is 2.14. The van der Waals surface area contributed by atoms with E-state index in [1.54, 1.807) is 18.2 Å². The molecule has 2 rings (SSSR count). The summed E-state index contributed by atoms with van der Waals surface area (Å²) >= 11 is 1.43. The van der Waals surface area contributed by atoms with E-state index in [-0.39, 0.29) is 17.6 Å². The topological polar surface area (TPSA) is 72.8 Å². The summed E-state index contributed by atoms with van der Waals surface area (Å²) in [4.78, 5) is 25.8. The number of carbonyl (C=O) groups excluding carboxylic acids is 1. The number of carboxylic acids is 1. The number of thioether (sulfide) groups is 1. The van der Waals surface area contributed by atoms with Crippen molar-refractivity contribution in [2.24, 2.45) is 10.8 Å². The maximum atomic E-state index is 12.4. The van der Waals surface area contributed by atoms with Crippen LogP contribution in [0, 0.1) is 10.8 Å². The molecule has 0 bridgehead atoms. The largest absolute Gasteiger partial charge is 0.493 e. The molecule has 32 heavy (non-hydrogen) atoms. The molecular weight excluding hydrogens is 424 g/mol. The fourth-order valence-corrected chi connectivity index (χ4v) is 3.70. The highest BCUT2D eigenvalue weighted by molar-refractivity contribution is 8.11. The molecule has 0 aromatic heterocycles. The van der Waals surface area contributed by atoms with E-state index in [9.17, 15) is 14.7 Å². The minimum atomic E-state index is -1.05. The molecule has 0 saturated heterocycles. The van der Waals surface area contributed by atoms with Gasteiger partial charge in [0.1, 0.15) is 5.75 Å². The molecule has 5 nitrogen and oxygen atoms in total. The molecule has 172 valence electrons. The van der Waals surface area contributed by atoms with Gasteiger partial charge in [-0.15, -0.1) is 0 Å². The zero-order valence-corrected chi connectivity index (χ0v) is 20.1. The highest BCUT2D eigenvalue weighted by Crippen LogP contribution is 2.52. The van der Waals surface area contributed by atoms with Crippen LogP contribution in [0.2, 0.25) is 0 Å². The SMILES string of the molecule is C=C/C=C(/C)SC(=C)c1cc(OCC2(C(=C)C(=O)OCC(C)(C)C)CC2)cc(C(=O)O)c1. The standard InChI is InChI=1S/C26H32O5S/c1-8-9-17(2)32-19(4)20-12-21(23(27)28)14-22(13-20)30-16-26(10-11-26)18(3)24(29)31-15-25(5,6)7/h8-9,12-14H,1,3-4,10-11,15-16H2,2,5-7H3,(H,27,28)/b17-9-. The van der Waals surface area contributed by atoms with E-state index in [2.05, 4.69) is 19.7 Å². The number of allylic oxidation sites excluding steroid dienone is 3. The Morgan fingerprint density at radius 3 is 2.34 bits per heavy atom. The Kier molecular flexibility index (Phi) is 8.18. The lowest BCUT2D eigenvalue weighted by molar-refractivity contribution is -0.142. The summed E-state index contributed by atoms with van der Waals surface area (Å²) in [7, 11) is 0. The van der Waals surface area contributed by atoms with Crippen LogP contribution in [-0.2, 0) is 9.53 Å². The smallest absolute Gasteiger partial charge is 0.335 e. The first-order valence-corrected chi connectivity index (χ1v) is 11.2. The van der Waals surface area contributed by atoms with Crippen LogP contribution in [-0.4, -0.2) is 30.3 Å². The van der Waals surface area contributed by atoms with E-state index in [0.717, 1.165) is 17.7 Å². The molecule has 1 aromatic carbocycles. The zero-order valence-electron chi connectivity index (χ0n) is 19.3. The van der Waals surface area contributed by atoms with Crippen LogP contribution in [0.4, 0.5) is 0 Å². The third-order valence-corrected chi connectivity index (χ3v) is 5.94. The number of hydrogen-bond acceptors (Lipinski definition) is 5. The lowest BCUT2D eigenvalue weighted by Gasteiger charge is -2.22. The molecule has 0 atom stereocenters. The highest BCUT2D eigenvalue weighted by atomic mass is 32.2. The molecule has 0 heterocycles. The van der Waals surface area contributed by atoms with Gasteiger partial charge in [-0.2, -0.15) is 0 Å². The van der Waals surface area contributed by atoms with Crippen LogP contribution < -0.4 is 4.74 Å². The van der Waals surface area contributed by atoms with Crippen LogP contribution >= 0.6 is 11.8 Å². The second kappa shape index (κ2) is 10.3. The highest BCUT2D eigenvalue weighted by Gasteiger charge is 2.49. The number of carbonyl (C=O) groups is 2. The first-order chi connectivity index (χ1) is 14.9. The van der Waals surface area contributed by atoms with E-state index in [1.807, 2.05) is 33.8 Å². The molecule has 1 aromatic rings. The van der Waals surface area contributed by atoms with Crippen molar-refractivity contribution in [3.05, 3.63) is 71.7 Å². The first-order valence-electron chi connectivity index (χ1n) is 10.4. The summed E-state index contributed by atoms with van der Waals surface area (Å²) in [6.07, 6.45) is 5.09. The molecule has 1 N–H and O–H groups in total. The normalized spacial score (nSPS) is 14.9. The third kappa shape index (κ3) is 7.16. The van der Waals surface area contributed by atoms with Gasteiger partial charge in [0.05, 0.1) is 18.8 Å². The first kappa shape index (κ1) is 25.5. The summed E-state index contributed by atoms with van der Waals surface area (Å²) in [5, 5.41) is 9.52. The van der Waals surface area contributed by atoms with Crippen molar-refractivity contribution in [3.63, 3.8) is 0 Å². The Morgan fingerprint density at radius 1 is 1.19 bits per heavy atom. The van der Waals surface area contributed by atoms with E-state index < -0.39 is 17.4 Å². The maximum absolute atomic E-state index is 12.4. The van der Waals surface area contributed by atoms with Crippen LogP contribution in [0.3, 0.4) is 0 Å². The predicted molar refractivity (Wildman–Crippen MR) is 131 cm³/mol. The Labute approximate surface area is 194 Å². The second-order valence-corrected chi connectivity index (χ2v) is 10.6. The maximum Gasteiger partial charge on any atom is 0.335 e. The van der Waals surface area contributed by atoms with Crippen LogP contribution in [0.5, 0.6) is 5.75 Å². The average molecular weight is 457 g/mol. The van der Waals surface area contributed by atoms with Crippen LogP contribution in [0.15, 0.2) is 60.6 Å². The Hall–Kier alpha value is -2.73. The lowest BCUT2D eigenvalue weighted by atomic mass is 9.97. The fraction of sp³-hybridized carbons (Fsp3) is 0.385. The molecule has 6 heteroatoms. The Bertz CT molecular complexity index is 961. The van der Waals surface area contributed by atoms with Crippen molar-refractivity contribution in [2.45, 2.75) is 40.5 Å². The summed E-state index contributed by atoms with van der Waals surface area (Å²) in [5.74, 6) is -1.05. The van der Waals surface area contributed by atoms with Gasteiger partial charge in [0.25, 0.3) is 0 Å². The van der Waals surface area contributed by atoms with Gasteiger partial charge in [0.2, 0.25) is 0 Å². The predicted octanol–water partition coefficient (Wildman–Crippen LogP) is 6.48. The molecule has 0 aliphatic heterocycles. The van der Waals surface area contributed by atoms with Crippen LogP contribution in [0.1, 0.15) is 56.5 Å². The molecule has 1 aliphatic rings. The number of carboxylic acid groups (broad SMARTS) is 1. The fourth-order valence-electron chi connectivity index (χ4n) is 2.91. The summed E-state index contributed by atoms with van der Waals surface area (Å²) in [5.41, 5.74) is 0.578. The molecule has 0 amide bonds. The van der Waals surface area contributed by atoms with Crippen molar-refractivity contribution in [2.75, 3.05) is 13.2 Å². The molecule has 0 radical (unpaired) electrons. The number of esters is 1. The van der Waals surface area contributed by atoms with Crippen molar-refractivity contribution >= 4 is 28.6 Å². The summed E-state index contributed by atoms with van der Waals surface area (Å²) in [6.45, 7) is 20.2. The molecule has 1 aliphatic carbocycles. The van der Waals surface area contributed by atoms with Gasteiger partial charge in [-0.3, -0.25) is 0 Å². The summed E-state index contributed by atoms with van der Waals surface area (Å²) < 4.78 is 11.4. The van der Waals surface area contributed by atoms with Crippen molar-refractivity contribution < 1.29 is 24.2 Å².